The van der Waals surface area contributed by atoms with Gasteiger partial charge in [-0.3, -0.25) is 10.1 Å². The maximum absolute atomic E-state index is 14.6. The Kier molecular flexibility index (Phi) is 5.59. The minimum absolute atomic E-state index is 0.252. The van der Waals surface area contributed by atoms with Gasteiger partial charge in [0.2, 0.25) is 0 Å². The Hall–Kier alpha value is -2.78. The van der Waals surface area contributed by atoms with Crippen molar-refractivity contribution in [3.63, 3.8) is 0 Å². The van der Waals surface area contributed by atoms with E-state index in [2.05, 4.69) is 15.6 Å². The Morgan fingerprint density at radius 2 is 2.00 bits per heavy atom. The van der Waals surface area contributed by atoms with Crippen molar-refractivity contribution in [2.75, 3.05) is 43.0 Å². The molecular weight excluding hydrogens is 398 g/mol. The summed E-state index contributed by atoms with van der Waals surface area (Å²) in [6.07, 6.45) is 0. The summed E-state index contributed by atoms with van der Waals surface area (Å²) in [5.41, 5.74) is 0.414. The fraction of sp³-hybridized carbons (Fsp3) is 0.300. The molecule has 3 aromatic rings. The van der Waals surface area contributed by atoms with Crippen molar-refractivity contribution in [3.05, 3.63) is 47.5 Å². The number of nitrogens with zero attached hydrogens (tertiary/aromatic N) is 2. The van der Waals surface area contributed by atoms with E-state index >= 15 is 0 Å². The number of benzene rings is 2. The van der Waals surface area contributed by atoms with Crippen LogP contribution in [-0.2, 0) is 0 Å². The van der Waals surface area contributed by atoms with Gasteiger partial charge < -0.3 is 15.0 Å². The topological polar surface area (TPSA) is 66.5 Å². The van der Waals surface area contributed by atoms with Crippen LogP contribution in [0.4, 0.5) is 19.6 Å². The number of hydrogen-bond acceptors (Lipinski definition) is 6. The van der Waals surface area contributed by atoms with Crippen LogP contribution in [0.25, 0.3) is 10.2 Å². The third kappa shape index (κ3) is 4.01. The molecule has 1 aliphatic rings. The molecule has 9 heteroatoms. The number of hydrogen-bond donors (Lipinski definition) is 2. The van der Waals surface area contributed by atoms with Gasteiger partial charge in [-0.05, 0) is 31.2 Å². The molecule has 0 aliphatic carbocycles. The van der Waals surface area contributed by atoms with Crippen molar-refractivity contribution in [2.45, 2.75) is 6.92 Å². The molecule has 6 nitrogen and oxygen atoms in total. The number of anilines is 2. The zero-order valence-electron chi connectivity index (χ0n) is 15.8. The molecule has 1 amide bonds. The predicted molar refractivity (Wildman–Crippen MR) is 110 cm³/mol. The van der Waals surface area contributed by atoms with Gasteiger partial charge in [-0.2, -0.15) is 0 Å². The molecule has 2 aromatic carbocycles. The lowest BCUT2D eigenvalue weighted by Crippen LogP contribution is -2.43. The first kappa shape index (κ1) is 19.5. The maximum Gasteiger partial charge on any atom is 0.263 e. The van der Waals surface area contributed by atoms with Crippen LogP contribution in [0.15, 0.2) is 30.3 Å². The van der Waals surface area contributed by atoms with E-state index in [1.54, 1.807) is 6.07 Å². The SMILES string of the molecule is CCOc1cccc2sc(NC(=O)c3c(F)cc(N4CCNCC4)cc3F)nc12. The second-order valence-electron chi connectivity index (χ2n) is 6.53. The average molecular weight is 418 g/mol. The highest BCUT2D eigenvalue weighted by Gasteiger charge is 2.22. The third-order valence-corrected chi connectivity index (χ3v) is 5.57. The molecule has 0 bridgehead atoms. The molecule has 29 heavy (non-hydrogen) atoms. The van der Waals surface area contributed by atoms with E-state index in [0.717, 1.165) is 17.8 Å². The summed E-state index contributed by atoms with van der Waals surface area (Å²) < 4.78 is 35.6. The number of carbonyl (C=O) groups is 1. The van der Waals surface area contributed by atoms with Crippen molar-refractivity contribution in [1.29, 1.82) is 0 Å². The number of aromatic nitrogens is 1. The third-order valence-electron chi connectivity index (χ3n) is 4.64. The molecule has 4 rings (SSSR count). The van der Waals surface area contributed by atoms with Crippen molar-refractivity contribution in [1.82, 2.24) is 10.3 Å². The highest BCUT2D eigenvalue weighted by molar-refractivity contribution is 7.22. The number of halogens is 2. The van der Waals surface area contributed by atoms with Gasteiger partial charge in [-0.1, -0.05) is 17.4 Å². The Balaban J connectivity index is 1.58. The normalized spacial score (nSPS) is 14.2. The Labute approximate surface area is 170 Å². The van der Waals surface area contributed by atoms with Gasteiger partial charge in [0.1, 0.15) is 28.5 Å². The summed E-state index contributed by atoms with van der Waals surface area (Å²) in [6, 6.07) is 7.86. The van der Waals surface area contributed by atoms with Crippen molar-refractivity contribution >= 4 is 38.3 Å². The minimum atomic E-state index is -0.896. The molecule has 1 aromatic heterocycles. The molecule has 2 heterocycles. The zero-order valence-corrected chi connectivity index (χ0v) is 16.6. The van der Waals surface area contributed by atoms with E-state index < -0.39 is 23.1 Å². The van der Waals surface area contributed by atoms with Crippen LogP contribution in [0.5, 0.6) is 5.75 Å². The molecule has 2 N–H and O–H groups in total. The van der Waals surface area contributed by atoms with E-state index in [0.29, 0.717) is 36.6 Å². The summed E-state index contributed by atoms with van der Waals surface area (Å²) in [7, 11) is 0. The van der Waals surface area contributed by atoms with Crippen LogP contribution < -0.4 is 20.3 Å². The lowest BCUT2D eigenvalue weighted by Gasteiger charge is -2.29. The largest absolute Gasteiger partial charge is 0.492 e. The zero-order chi connectivity index (χ0) is 20.4. The summed E-state index contributed by atoms with van der Waals surface area (Å²) in [4.78, 5) is 18.8. The lowest BCUT2D eigenvalue weighted by molar-refractivity contribution is 0.101. The Bertz CT molecular complexity index is 1030. The van der Waals surface area contributed by atoms with Gasteiger partial charge in [0.15, 0.2) is 5.13 Å². The highest BCUT2D eigenvalue weighted by atomic mass is 32.1. The lowest BCUT2D eigenvalue weighted by atomic mass is 10.1. The van der Waals surface area contributed by atoms with Crippen LogP contribution in [0.3, 0.4) is 0 Å². The molecule has 1 aliphatic heterocycles. The maximum atomic E-state index is 14.6. The molecular formula is C20H20F2N4O2S. The number of carbonyl (C=O) groups excluding carboxylic acids is 1. The summed E-state index contributed by atoms with van der Waals surface area (Å²) in [5.74, 6) is -2.07. The summed E-state index contributed by atoms with van der Waals surface area (Å²) in [5, 5.41) is 5.94. The van der Waals surface area contributed by atoms with Gasteiger partial charge in [0.25, 0.3) is 5.91 Å². The highest BCUT2D eigenvalue weighted by Crippen LogP contribution is 2.33. The molecule has 1 fully saturated rings. The molecule has 1 saturated heterocycles. The first-order chi connectivity index (χ1) is 14.1. The number of rotatable bonds is 5. The second kappa shape index (κ2) is 8.30. The number of amides is 1. The number of fused-ring (bicyclic) bond motifs is 1. The fourth-order valence-corrected chi connectivity index (χ4v) is 4.17. The molecule has 0 saturated carbocycles. The van der Waals surface area contributed by atoms with E-state index in [9.17, 15) is 13.6 Å². The smallest absolute Gasteiger partial charge is 0.263 e. The summed E-state index contributed by atoms with van der Waals surface area (Å²) >= 11 is 1.21. The van der Waals surface area contributed by atoms with Crippen LogP contribution in [0, 0.1) is 11.6 Å². The Morgan fingerprint density at radius 3 is 2.69 bits per heavy atom. The van der Waals surface area contributed by atoms with E-state index in [-0.39, 0.29) is 5.13 Å². The van der Waals surface area contributed by atoms with Gasteiger partial charge in [0.05, 0.1) is 11.3 Å². The number of nitrogens with one attached hydrogen (secondary N) is 2. The number of thiazole rings is 1. The quantitative estimate of drug-likeness (QED) is 0.662. The van der Waals surface area contributed by atoms with E-state index in [4.69, 9.17) is 4.74 Å². The molecule has 0 atom stereocenters. The number of ether oxygens (including phenoxy) is 1. The van der Waals surface area contributed by atoms with Crippen LogP contribution in [-0.4, -0.2) is 43.7 Å². The van der Waals surface area contributed by atoms with Gasteiger partial charge in [0, 0.05) is 31.9 Å². The first-order valence-electron chi connectivity index (χ1n) is 9.35. The standard InChI is InChI=1S/C20H20F2N4O2S/c1-2-28-15-4-3-5-16-18(15)24-20(29-16)25-19(27)17-13(21)10-12(11-14(17)22)26-8-6-23-7-9-26/h3-5,10-11,23H,2,6-9H2,1H3,(H,24,25,27). The second-order valence-corrected chi connectivity index (χ2v) is 7.56. The number of piperazine rings is 1. The van der Waals surface area contributed by atoms with Crippen LogP contribution >= 0.6 is 11.3 Å². The average Bonchev–Trinajstić information content (AvgIpc) is 3.11. The van der Waals surface area contributed by atoms with Crippen LogP contribution in [0.2, 0.25) is 0 Å². The van der Waals surface area contributed by atoms with Crippen LogP contribution in [0.1, 0.15) is 17.3 Å². The molecule has 152 valence electrons. The monoisotopic (exact) mass is 418 g/mol. The minimum Gasteiger partial charge on any atom is -0.492 e. The molecule has 0 radical (unpaired) electrons. The van der Waals surface area contributed by atoms with Gasteiger partial charge in [-0.15, -0.1) is 0 Å². The van der Waals surface area contributed by atoms with Crippen molar-refractivity contribution in [3.8, 4) is 5.75 Å². The van der Waals surface area contributed by atoms with Crippen molar-refractivity contribution < 1.29 is 18.3 Å². The van der Waals surface area contributed by atoms with Gasteiger partial charge >= 0.3 is 0 Å². The Morgan fingerprint density at radius 1 is 1.28 bits per heavy atom. The number of para-hydroxylation sites is 1. The van der Waals surface area contributed by atoms with Gasteiger partial charge in [-0.25, -0.2) is 13.8 Å². The van der Waals surface area contributed by atoms with E-state index in [1.807, 2.05) is 24.0 Å². The molecule has 0 unspecified atom stereocenters. The van der Waals surface area contributed by atoms with Crippen molar-refractivity contribution in [2.24, 2.45) is 0 Å². The molecule has 0 spiro atoms. The summed E-state index contributed by atoms with van der Waals surface area (Å²) in [6.45, 7) is 5.13. The predicted octanol–water partition coefficient (Wildman–Crippen LogP) is 3.64. The fourth-order valence-electron chi connectivity index (χ4n) is 3.29. The van der Waals surface area contributed by atoms with E-state index in [1.165, 1.54) is 23.5 Å². The first-order valence-corrected chi connectivity index (χ1v) is 10.2.